The van der Waals surface area contributed by atoms with Gasteiger partial charge in [-0.3, -0.25) is 9.48 Å². The zero-order valence-corrected chi connectivity index (χ0v) is 13.8. The highest BCUT2D eigenvalue weighted by Crippen LogP contribution is 2.23. The molecule has 1 atom stereocenters. The standard InChI is InChI=1S/C17H23N3O2/c1-11(2)12(3)18-17(21)16-10-15(19-20(16)4)13-7-6-8-14(9-13)22-5/h6-12H,1-5H3,(H,18,21). The van der Waals surface area contributed by atoms with Crippen LogP contribution < -0.4 is 10.1 Å². The second-order valence-electron chi connectivity index (χ2n) is 5.78. The number of aromatic nitrogens is 2. The number of hydrogen-bond acceptors (Lipinski definition) is 3. The minimum atomic E-state index is -0.106. The summed E-state index contributed by atoms with van der Waals surface area (Å²) >= 11 is 0. The number of amides is 1. The first-order valence-corrected chi connectivity index (χ1v) is 7.41. The second-order valence-corrected chi connectivity index (χ2v) is 5.78. The van der Waals surface area contributed by atoms with Gasteiger partial charge >= 0.3 is 0 Å². The molecule has 1 unspecified atom stereocenters. The predicted molar refractivity (Wildman–Crippen MR) is 87.0 cm³/mol. The SMILES string of the molecule is COc1cccc(-c2cc(C(=O)NC(C)C(C)C)n(C)n2)c1. The van der Waals surface area contributed by atoms with Crippen LogP contribution in [0.1, 0.15) is 31.3 Å². The molecule has 0 saturated carbocycles. The van der Waals surface area contributed by atoms with Crippen LogP contribution in [0.15, 0.2) is 30.3 Å². The van der Waals surface area contributed by atoms with E-state index in [1.807, 2.05) is 31.2 Å². The molecule has 2 aromatic rings. The number of benzene rings is 1. The van der Waals surface area contributed by atoms with E-state index < -0.39 is 0 Å². The molecule has 2 rings (SSSR count). The monoisotopic (exact) mass is 301 g/mol. The Hall–Kier alpha value is -2.30. The van der Waals surface area contributed by atoms with Crippen molar-refractivity contribution in [3.05, 3.63) is 36.0 Å². The molecule has 1 aromatic carbocycles. The van der Waals surface area contributed by atoms with E-state index in [1.54, 1.807) is 24.9 Å². The second kappa shape index (κ2) is 6.64. The number of hydrogen-bond donors (Lipinski definition) is 1. The molecule has 1 aromatic heterocycles. The fourth-order valence-corrected chi connectivity index (χ4v) is 2.05. The van der Waals surface area contributed by atoms with E-state index in [1.165, 1.54) is 0 Å². The average Bonchev–Trinajstić information content (AvgIpc) is 2.89. The highest BCUT2D eigenvalue weighted by molar-refractivity contribution is 5.93. The predicted octanol–water partition coefficient (Wildman–Crippen LogP) is 2.87. The van der Waals surface area contributed by atoms with Gasteiger partial charge in [0.05, 0.1) is 12.8 Å². The molecule has 0 spiro atoms. The zero-order valence-electron chi connectivity index (χ0n) is 13.8. The lowest BCUT2D eigenvalue weighted by molar-refractivity contribution is 0.0921. The Morgan fingerprint density at radius 2 is 2.00 bits per heavy atom. The van der Waals surface area contributed by atoms with Crippen LogP contribution in [-0.2, 0) is 7.05 Å². The number of ether oxygens (including phenoxy) is 1. The summed E-state index contributed by atoms with van der Waals surface area (Å²) in [6.07, 6.45) is 0. The third kappa shape index (κ3) is 3.47. The van der Waals surface area contributed by atoms with Crippen LogP contribution in [-0.4, -0.2) is 28.8 Å². The van der Waals surface area contributed by atoms with E-state index in [0.717, 1.165) is 17.0 Å². The van der Waals surface area contributed by atoms with Crippen LogP contribution in [0.25, 0.3) is 11.3 Å². The Balaban J connectivity index is 2.25. The van der Waals surface area contributed by atoms with Gasteiger partial charge in [-0.25, -0.2) is 0 Å². The average molecular weight is 301 g/mol. The minimum absolute atomic E-state index is 0.106. The van der Waals surface area contributed by atoms with Gasteiger partial charge in [0.25, 0.3) is 5.91 Å². The lowest BCUT2D eigenvalue weighted by atomic mass is 10.1. The lowest BCUT2D eigenvalue weighted by Gasteiger charge is -2.17. The molecular formula is C17H23N3O2. The zero-order chi connectivity index (χ0) is 16.3. The van der Waals surface area contributed by atoms with Crippen molar-refractivity contribution in [2.75, 3.05) is 7.11 Å². The van der Waals surface area contributed by atoms with Crippen LogP contribution >= 0.6 is 0 Å². The van der Waals surface area contributed by atoms with Crippen molar-refractivity contribution in [2.45, 2.75) is 26.8 Å². The summed E-state index contributed by atoms with van der Waals surface area (Å²) in [6, 6.07) is 9.55. The Morgan fingerprint density at radius 1 is 1.27 bits per heavy atom. The Bertz CT molecular complexity index is 662. The molecule has 0 saturated heterocycles. The molecule has 0 fully saturated rings. The van der Waals surface area contributed by atoms with Gasteiger partial charge in [-0.15, -0.1) is 0 Å². The number of methoxy groups -OCH3 is 1. The van der Waals surface area contributed by atoms with Crippen molar-refractivity contribution in [3.63, 3.8) is 0 Å². The van der Waals surface area contributed by atoms with Crippen molar-refractivity contribution in [1.82, 2.24) is 15.1 Å². The number of rotatable bonds is 5. The largest absolute Gasteiger partial charge is 0.497 e. The van der Waals surface area contributed by atoms with E-state index in [0.29, 0.717) is 11.6 Å². The molecule has 0 aliphatic carbocycles. The van der Waals surface area contributed by atoms with Crippen LogP contribution in [0, 0.1) is 5.92 Å². The summed E-state index contributed by atoms with van der Waals surface area (Å²) in [6.45, 7) is 6.16. The molecular weight excluding hydrogens is 278 g/mol. The highest BCUT2D eigenvalue weighted by atomic mass is 16.5. The number of carbonyl (C=O) groups excluding carboxylic acids is 1. The summed E-state index contributed by atoms with van der Waals surface area (Å²) < 4.78 is 6.83. The first-order chi connectivity index (χ1) is 10.4. The van der Waals surface area contributed by atoms with Crippen LogP contribution in [0.4, 0.5) is 0 Å². The summed E-state index contributed by atoms with van der Waals surface area (Å²) in [4.78, 5) is 12.4. The van der Waals surface area contributed by atoms with Crippen molar-refractivity contribution < 1.29 is 9.53 Å². The van der Waals surface area contributed by atoms with Crippen LogP contribution in [0.2, 0.25) is 0 Å². The summed E-state index contributed by atoms with van der Waals surface area (Å²) in [7, 11) is 3.41. The van der Waals surface area contributed by atoms with Gasteiger partial charge in [0.15, 0.2) is 0 Å². The topological polar surface area (TPSA) is 56.1 Å². The van der Waals surface area contributed by atoms with Crippen LogP contribution in [0.3, 0.4) is 0 Å². The Kier molecular flexibility index (Phi) is 4.85. The molecule has 0 bridgehead atoms. The summed E-state index contributed by atoms with van der Waals surface area (Å²) in [5.41, 5.74) is 2.22. The maximum atomic E-state index is 12.4. The first kappa shape index (κ1) is 16.1. The van der Waals surface area contributed by atoms with Gasteiger partial charge in [-0.2, -0.15) is 5.10 Å². The van der Waals surface area contributed by atoms with Crippen molar-refractivity contribution in [1.29, 1.82) is 0 Å². The summed E-state index contributed by atoms with van der Waals surface area (Å²) in [5, 5.41) is 7.43. The molecule has 1 heterocycles. The lowest BCUT2D eigenvalue weighted by Crippen LogP contribution is -2.37. The maximum Gasteiger partial charge on any atom is 0.269 e. The molecule has 22 heavy (non-hydrogen) atoms. The van der Waals surface area contributed by atoms with Crippen molar-refractivity contribution >= 4 is 5.91 Å². The third-order valence-corrected chi connectivity index (χ3v) is 3.84. The van der Waals surface area contributed by atoms with E-state index in [4.69, 9.17) is 4.74 Å². The van der Waals surface area contributed by atoms with E-state index in [-0.39, 0.29) is 11.9 Å². The Morgan fingerprint density at radius 3 is 2.64 bits per heavy atom. The first-order valence-electron chi connectivity index (χ1n) is 7.41. The van der Waals surface area contributed by atoms with Crippen LogP contribution in [0.5, 0.6) is 5.75 Å². The van der Waals surface area contributed by atoms with Crippen molar-refractivity contribution in [3.8, 4) is 17.0 Å². The molecule has 1 amide bonds. The van der Waals surface area contributed by atoms with E-state index >= 15 is 0 Å². The molecule has 118 valence electrons. The van der Waals surface area contributed by atoms with Gasteiger partial charge in [0, 0.05) is 18.7 Å². The molecule has 0 aliphatic rings. The normalized spacial score (nSPS) is 12.3. The van der Waals surface area contributed by atoms with E-state index in [9.17, 15) is 4.79 Å². The van der Waals surface area contributed by atoms with Gasteiger partial charge in [0.1, 0.15) is 11.4 Å². The van der Waals surface area contributed by atoms with Gasteiger partial charge in [0.2, 0.25) is 0 Å². The quantitative estimate of drug-likeness (QED) is 0.924. The highest BCUT2D eigenvalue weighted by Gasteiger charge is 2.17. The number of nitrogens with one attached hydrogen (secondary N) is 1. The molecule has 5 heteroatoms. The number of aryl methyl sites for hydroxylation is 1. The molecule has 5 nitrogen and oxygen atoms in total. The third-order valence-electron chi connectivity index (χ3n) is 3.84. The fourth-order valence-electron chi connectivity index (χ4n) is 2.05. The minimum Gasteiger partial charge on any atom is -0.497 e. The number of nitrogens with zero attached hydrogens (tertiary/aromatic N) is 2. The smallest absolute Gasteiger partial charge is 0.269 e. The van der Waals surface area contributed by atoms with Crippen molar-refractivity contribution in [2.24, 2.45) is 13.0 Å². The molecule has 1 N–H and O–H groups in total. The molecule has 0 radical (unpaired) electrons. The van der Waals surface area contributed by atoms with Gasteiger partial charge < -0.3 is 10.1 Å². The summed E-state index contributed by atoms with van der Waals surface area (Å²) in [5.74, 6) is 1.04. The van der Waals surface area contributed by atoms with Gasteiger partial charge in [-0.05, 0) is 31.0 Å². The fraction of sp³-hybridized carbons (Fsp3) is 0.412. The maximum absolute atomic E-state index is 12.4. The van der Waals surface area contributed by atoms with Gasteiger partial charge in [-0.1, -0.05) is 26.0 Å². The van der Waals surface area contributed by atoms with E-state index in [2.05, 4.69) is 24.3 Å². The molecule has 0 aliphatic heterocycles. The number of carbonyl (C=O) groups is 1. The Labute approximate surface area is 131 Å².